The van der Waals surface area contributed by atoms with Crippen LogP contribution in [0.3, 0.4) is 0 Å². The first-order valence-electron chi connectivity index (χ1n) is 11.0. The number of unbranched alkanes of at least 4 members (excludes halogenated alkanes) is 1. The molecule has 35 heavy (non-hydrogen) atoms. The number of nitrogens with zero attached hydrogens (tertiary/aromatic N) is 5. The number of anilines is 1. The molecule has 2 rings (SSSR count). The van der Waals surface area contributed by atoms with Crippen molar-refractivity contribution in [2.45, 2.75) is 39.7 Å². The molecule has 0 aliphatic rings. The van der Waals surface area contributed by atoms with Gasteiger partial charge in [0.05, 0.1) is 18.7 Å². The van der Waals surface area contributed by atoms with Gasteiger partial charge in [-0.1, -0.05) is 20.3 Å². The van der Waals surface area contributed by atoms with E-state index in [9.17, 15) is 23.6 Å². The summed E-state index contributed by atoms with van der Waals surface area (Å²) in [5, 5.41) is 11.5. The monoisotopic (exact) mass is 491 g/mol. The highest BCUT2D eigenvalue weighted by molar-refractivity contribution is 6.15. The smallest absolute Gasteiger partial charge is 0.255 e. The van der Waals surface area contributed by atoms with Gasteiger partial charge in [-0.15, -0.1) is 0 Å². The minimum atomic E-state index is -1.02. The molecule has 4 amide bonds. The predicted octanol–water partition coefficient (Wildman–Crippen LogP) is 0.789. The average Bonchev–Trinajstić information content (AvgIpc) is 3.22. The van der Waals surface area contributed by atoms with Gasteiger partial charge in [0, 0.05) is 20.0 Å². The highest BCUT2D eigenvalue weighted by Crippen LogP contribution is 2.30. The van der Waals surface area contributed by atoms with Gasteiger partial charge in [-0.05, 0) is 12.5 Å². The topological polar surface area (TPSA) is 154 Å². The minimum Gasteiger partial charge on any atom is -0.346 e. The van der Waals surface area contributed by atoms with E-state index in [0.29, 0.717) is 23.8 Å². The number of nitriles is 1. The summed E-state index contributed by atoms with van der Waals surface area (Å²) in [6, 6.07) is 2.29. The van der Waals surface area contributed by atoms with Gasteiger partial charge in [0.2, 0.25) is 23.7 Å². The molecule has 0 unspecified atom stereocenters. The van der Waals surface area contributed by atoms with E-state index in [1.54, 1.807) is 6.07 Å². The Hall–Kier alpha value is -3.92. The predicted molar refractivity (Wildman–Crippen MR) is 122 cm³/mol. The van der Waals surface area contributed by atoms with Crippen LogP contribution in [-0.4, -0.2) is 64.8 Å². The first-order chi connectivity index (χ1) is 16.6. The SMILES string of the molecule is CCCCn1c(N(C(=O)CC)C(=O)CN(C)C(=O)CNC(=O)CN)nc2c(F)cc(C#N)c(F)c21. The number of hydrogen-bond donors (Lipinski definition) is 2. The minimum absolute atomic E-state index is 0.0915. The van der Waals surface area contributed by atoms with Crippen LogP contribution in [0.15, 0.2) is 6.07 Å². The third kappa shape index (κ3) is 5.96. The number of halogens is 2. The number of hydrogen-bond acceptors (Lipinski definition) is 7. The first-order valence-corrected chi connectivity index (χ1v) is 11.0. The molecule has 1 aromatic carbocycles. The van der Waals surface area contributed by atoms with Crippen LogP contribution in [0.4, 0.5) is 14.7 Å². The highest BCUT2D eigenvalue weighted by atomic mass is 19.1. The number of likely N-dealkylation sites (N-methyl/N-ethyl adjacent to an activating group) is 1. The Labute approximate surface area is 200 Å². The quantitative estimate of drug-likeness (QED) is 0.498. The Bertz CT molecular complexity index is 1190. The fourth-order valence-corrected chi connectivity index (χ4v) is 3.26. The van der Waals surface area contributed by atoms with Crippen molar-refractivity contribution in [3.63, 3.8) is 0 Å². The Morgan fingerprint density at radius 2 is 1.89 bits per heavy atom. The van der Waals surface area contributed by atoms with E-state index in [2.05, 4.69) is 10.3 Å². The van der Waals surface area contributed by atoms with Crippen molar-refractivity contribution in [2.75, 3.05) is 31.6 Å². The van der Waals surface area contributed by atoms with Crippen molar-refractivity contribution in [1.29, 1.82) is 5.26 Å². The molecule has 0 atom stereocenters. The molecule has 188 valence electrons. The maximum Gasteiger partial charge on any atom is 0.255 e. The molecule has 0 spiro atoms. The third-order valence-corrected chi connectivity index (χ3v) is 5.17. The van der Waals surface area contributed by atoms with Crippen LogP contribution in [0.1, 0.15) is 38.7 Å². The van der Waals surface area contributed by atoms with Crippen LogP contribution in [0.2, 0.25) is 0 Å². The summed E-state index contributed by atoms with van der Waals surface area (Å²) in [5.41, 5.74) is 3.87. The lowest BCUT2D eigenvalue weighted by atomic mass is 10.2. The molecule has 0 radical (unpaired) electrons. The number of imidazole rings is 1. The third-order valence-electron chi connectivity index (χ3n) is 5.17. The van der Waals surface area contributed by atoms with Crippen molar-refractivity contribution < 1.29 is 28.0 Å². The zero-order valence-corrected chi connectivity index (χ0v) is 19.7. The summed E-state index contributed by atoms with van der Waals surface area (Å²) in [5.74, 6) is -5.07. The van der Waals surface area contributed by atoms with E-state index >= 15 is 4.39 Å². The summed E-state index contributed by atoms with van der Waals surface area (Å²) < 4.78 is 31.0. The zero-order valence-electron chi connectivity index (χ0n) is 19.7. The second kappa shape index (κ2) is 12.0. The summed E-state index contributed by atoms with van der Waals surface area (Å²) in [6.07, 6.45) is 1.00. The number of nitrogens with two attached hydrogens (primary N) is 1. The normalized spacial score (nSPS) is 10.7. The Kier molecular flexibility index (Phi) is 9.35. The molecular weight excluding hydrogens is 464 g/mol. The second-order valence-electron chi connectivity index (χ2n) is 7.65. The lowest BCUT2D eigenvalue weighted by Gasteiger charge is -2.24. The molecule has 1 heterocycles. The van der Waals surface area contributed by atoms with E-state index in [0.717, 1.165) is 4.90 Å². The van der Waals surface area contributed by atoms with Crippen LogP contribution in [0.25, 0.3) is 11.0 Å². The number of imide groups is 1. The lowest BCUT2D eigenvalue weighted by molar-refractivity contribution is -0.135. The molecule has 13 heteroatoms. The zero-order chi connectivity index (χ0) is 26.3. The maximum atomic E-state index is 15.1. The van der Waals surface area contributed by atoms with Gasteiger partial charge >= 0.3 is 0 Å². The molecule has 2 aromatic rings. The largest absolute Gasteiger partial charge is 0.346 e. The Balaban J connectivity index is 2.54. The lowest BCUT2D eigenvalue weighted by Crippen LogP contribution is -2.47. The number of nitrogens with one attached hydrogen (secondary N) is 1. The highest BCUT2D eigenvalue weighted by Gasteiger charge is 2.31. The average molecular weight is 491 g/mol. The van der Waals surface area contributed by atoms with E-state index in [1.807, 2.05) is 6.92 Å². The second-order valence-corrected chi connectivity index (χ2v) is 7.65. The summed E-state index contributed by atoms with van der Waals surface area (Å²) >= 11 is 0. The summed E-state index contributed by atoms with van der Waals surface area (Å²) in [4.78, 5) is 55.2. The summed E-state index contributed by atoms with van der Waals surface area (Å²) in [6.45, 7) is 2.14. The van der Waals surface area contributed by atoms with Crippen molar-refractivity contribution in [2.24, 2.45) is 5.73 Å². The molecule has 1 aromatic heterocycles. The standard InChI is InChI=1S/C22H27F2N7O4/c1-4-6-7-30-21-19(24)13(9-25)8-14(23)20(21)28-22(30)31(16(33)5-2)18(35)12-29(3)17(34)11-27-15(32)10-26/h8H,4-7,10-12,26H2,1-3H3,(H,27,32). The fraction of sp³-hybridized carbons (Fsp3) is 0.455. The molecule has 0 aliphatic carbocycles. The number of aromatic nitrogens is 2. The number of carbonyl (C=O) groups excluding carboxylic acids is 4. The molecule has 0 bridgehead atoms. The summed E-state index contributed by atoms with van der Waals surface area (Å²) in [7, 11) is 1.29. The Morgan fingerprint density at radius 1 is 1.20 bits per heavy atom. The van der Waals surface area contributed by atoms with Gasteiger partial charge in [0.15, 0.2) is 11.6 Å². The van der Waals surface area contributed by atoms with Gasteiger partial charge in [0.25, 0.3) is 5.91 Å². The molecule has 0 aliphatic heterocycles. The molecule has 3 N–H and O–H groups in total. The van der Waals surface area contributed by atoms with Gasteiger partial charge < -0.3 is 20.5 Å². The molecule has 11 nitrogen and oxygen atoms in total. The van der Waals surface area contributed by atoms with Crippen LogP contribution >= 0.6 is 0 Å². The van der Waals surface area contributed by atoms with Crippen molar-refractivity contribution in [1.82, 2.24) is 19.8 Å². The van der Waals surface area contributed by atoms with Crippen LogP contribution in [0, 0.1) is 23.0 Å². The molecular formula is C22H27F2N7O4. The van der Waals surface area contributed by atoms with Crippen LogP contribution < -0.4 is 16.0 Å². The van der Waals surface area contributed by atoms with Gasteiger partial charge in [-0.25, -0.2) is 18.7 Å². The molecule has 0 saturated carbocycles. The van der Waals surface area contributed by atoms with E-state index in [1.165, 1.54) is 18.5 Å². The molecule has 0 saturated heterocycles. The van der Waals surface area contributed by atoms with Gasteiger partial charge in [-0.3, -0.25) is 19.2 Å². The first kappa shape index (κ1) is 27.3. The van der Waals surface area contributed by atoms with Crippen molar-refractivity contribution in [3.8, 4) is 6.07 Å². The maximum absolute atomic E-state index is 15.1. The number of carbonyl (C=O) groups is 4. The number of fused-ring (bicyclic) bond motifs is 1. The fourth-order valence-electron chi connectivity index (χ4n) is 3.26. The van der Waals surface area contributed by atoms with Crippen LogP contribution in [-0.2, 0) is 25.7 Å². The molecule has 0 fully saturated rings. The van der Waals surface area contributed by atoms with E-state index in [4.69, 9.17) is 11.0 Å². The van der Waals surface area contributed by atoms with Crippen molar-refractivity contribution in [3.05, 3.63) is 23.3 Å². The number of benzene rings is 1. The number of aryl methyl sites for hydroxylation is 1. The number of rotatable bonds is 10. The van der Waals surface area contributed by atoms with E-state index in [-0.39, 0.29) is 31.0 Å². The van der Waals surface area contributed by atoms with E-state index < -0.39 is 59.4 Å². The van der Waals surface area contributed by atoms with Gasteiger partial charge in [0.1, 0.15) is 23.6 Å². The Morgan fingerprint density at radius 3 is 2.46 bits per heavy atom. The van der Waals surface area contributed by atoms with Crippen molar-refractivity contribution >= 4 is 40.6 Å². The van der Waals surface area contributed by atoms with Gasteiger partial charge in [-0.2, -0.15) is 5.26 Å². The van der Waals surface area contributed by atoms with Crippen LogP contribution in [0.5, 0.6) is 0 Å². The number of amides is 4.